The van der Waals surface area contributed by atoms with Crippen molar-refractivity contribution in [3.8, 4) is 0 Å². The SMILES string of the molecule is C/C=C/CC(C)OC(=O)[C@H](C[C@H](c1ccccc1)[C@H](C)N)NC(=O)OC(C)(C)C. The number of amides is 1. The number of benzene rings is 1. The molecule has 3 N–H and O–H groups in total. The van der Waals surface area contributed by atoms with Crippen molar-refractivity contribution in [3.05, 3.63) is 48.0 Å². The van der Waals surface area contributed by atoms with Crippen LogP contribution < -0.4 is 11.1 Å². The van der Waals surface area contributed by atoms with Crippen molar-refractivity contribution in [2.75, 3.05) is 0 Å². The maximum Gasteiger partial charge on any atom is 0.408 e. The fourth-order valence-corrected chi connectivity index (χ4v) is 2.93. The summed E-state index contributed by atoms with van der Waals surface area (Å²) in [5.74, 6) is -0.621. The molecule has 0 aliphatic carbocycles. The van der Waals surface area contributed by atoms with Crippen molar-refractivity contribution in [3.63, 3.8) is 0 Å². The van der Waals surface area contributed by atoms with Gasteiger partial charge in [0.1, 0.15) is 17.7 Å². The van der Waals surface area contributed by atoms with E-state index in [1.807, 2.05) is 63.3 Å². The molecular formula is C23H36N2O4. The van der Waals surface area contributed by atoms with Gasteiger partial charge in [-0.15, -0.1) is 0 Å². The van der Waals surface area contributed by atoms with Crippen molar-refractivity contribution < 1.29 is 19.1 Å². The molecule has 29 heavy (non-hydrogen) atoms. The number of carbonyl (C=O) groups excluding carboxylic acids is 2. The Labute approximate surface area is 174 Å². The minimum Gasteiger partial charge on any atom is -0.461 e. The zero-order chi connectivity index (χ0) is 22.0. The molecule has 162 valence electrons. The molecule has 1 aromatic rings. The van der Waals surface area contributed by atoms with Crippen LogP contribution in [0.3, 0.4) is 0 Å². The zero-order valence-corrected chi connectivity index (χ0v) is 18.5. The molecule has 0 saturated heterocycles. The van der Waals surface area contributed by atoms with Crippen molar-refractivity contribution in [2.24, 2.45) is 5.73 Å². The fraction of sp³-hybridized carbons (Fsp3) is 0.565. The van der Waals surface area contributed by atoms with E-state index in [4.69, 9.17) is 15.2 Å². The Morgan fingerprint density at radius 2 is 1.79 bits per heavy atom. The van der Waals surface area contributed by atoms with Crippen LogP contribution in [0.5, 0.6) is 0 Å². The topological polar surface area (TPSA) is 90.6 Å². The molecule has 0 spiro atoms. The first-order valence-electron chi connectivity index (χ1n) is 10.1. The second-order valence-electron chi connectivity index (χ2n) is 8.36. The van der Waals surface area contributed by atoms with Crippen LogP contribution in [0.25, 0.3) is 0 Å². The van der Waals surface area contributed by atoms with Crippen LogP contribution in [0.1, 0.15) is 65.9 Å². The van der Waals surface area contributed by atoms with Gasteiger partial charge in [0.15, 0.2) is 0 Å². The highest BCUT2D eigenvalue weighted by Crippen LogP contribution is 2.25. The molecule has 1 rings (SSSR count). The molecular weight excluding hydrogens is 368 g/mol. The summed E-state index contributed by atoms with van der Waals surface area (Å²) in [6.45, 7) is 10.9. The van der Waals surface area contributed by atoms with Crippen LogP contribution in [0, 0.1) is 0 Å². The van der Waals surface area contributed by atoms with Crippen LogP contribution in [-0.4, -0.2) is 35.9 Å². The van der Waals surface area contributed by atoms with Gasteiger partial charge in [0, 0.05) is 18.4 Å². The molecule has 0 radical (unpaired) electrons. The number of alkyl carbamates (subject to hydrolysis) is 1. The van der Waals surface area contributed by atoms with Gasteiger partial charge >= 0.3 is 12.1 Å². The van der Waals surface area contributed by atoms with Gasteiger partial charge in [-0.05, 0) is 53.5 Å². The summed E-state index contributed by atoms with van der Waals surface area (Å²) in [5, 5.41) is 2.68. The summed E-state index contributed by atoms with van der Waals surface area (Å²) < 4.78 is 10.9. The fourth-order valence-electron chi connectivity index (χ4n) is 2.93. The lowest BCUT2D eigenvalue weighted by atomic mass is 9.87. The van der Waals surface area contributed by atoms with E-state index < -0.39 is 23.7 Å². The Morgan fingerprint density at radius 1 is 1.17 bits per heavy atom. The molecule has 6 nitrogen and oxygen atoms in total. The van der Waals surface area contributed by atoms with Gasteiger partial charge < -0.3 is 20.5 Å². The Balaban J connectivity index is 3.01. The number of allylic oxidation sites excluding steroid dienone is 1. The number of hydrogen-bond acceptors (Lipinski definition) is 5. The molecule has 0 saturated carbocycles. The van der Waals surface area contributed by atoms with Gasteiger partial charge in [0.05, 0.1) is 0 Å². The van der Waals surface area contributed by atoms with E-state index in [9.17, 15) is 9.59 Å². The number of hydrogen-bond donors (Lipinski definition) is 2. The normalized spacial score (nSPS) is 16.0. The number of carbonyl (C=O) groups is 2. The second-order valence-corrected chi connectivity index (χ2v) is 8.36. The maximum absolute atomic E-state index is 12.8. The van der Waals surface area contributed by atoms with Crippen LogP contribution in [0.15, 0.2) is 42.5 Å². The lowest BCUT2D eigenvalue weighted by Gasteiger charge is -2.28. The van der Waals surface area contributed by atoms with E-state index in [-0.39, 0.29) is 18.1 Å². The molecule has 1 amide bonds. The molecule has 0 fully saturated rings. The minimum atomic E-state index is -0.867. The predicted octanol–water partition coefficient (Wildman–Crippen LogP) is 4.30. The van der Waals surface area contributed by atoms with Crippen LogP contribution in [0.2, 0.25) is 0 Å². The van der Waals surface area contributed by atoms with E-state index >= 15 is 0 Å². The maximum atomic E-state index is 12.8. The van der Waals surface area contributed by atoms with Crippen LogP contribution in [-0.2, 0) is 14.3 Å². The van der Waals surface area contributed by atoms with Gasteiger partial charge in [-0.25, -0.2) is 9.59 Å². The van der Waals surface area contributed by atoms with Gasteiger partial charge in [-0.2, -0.15) is 0 Å². The van der Waals surface area contributed by atoms with Crippen molar-refractivity contribution in [1.29, 1.82) is 0 Å². The van der Waals surface area contributed by atoms with E-state index in [2.05, 4.69) is 5.32 Å². The smallest absolute Gasteiger partial charge is 0.408 e. The minimum absolute atomic E-state index is 0.130. The monoisotopic (exact) mass is 404 g/mol. The number of nitrogens with one attached hydrogen (secondary N) is 1. The summed E-state index contributed by atoms with van der Waals surface area (Å²) in [6, 6.07) is 8.64. The van der Waals surface area contributed by atoms with E-state index in [1.165, 1.54) is 0 Å². The lowest BCUT2D eigenvalue weighted by molar-refractivity contribution is -0.151. The highest BCUT2D eigenvalue weighted by Gasteiger charge is 2.31. The summed E-state index contributed by atoms with van der Waals surface area (Å²) in [6.07, 6.45) is 3.81. The summed E-state index contributed by atoms with van der Waals surface area (Å²) in [4.78, 5) is 25.2. The van der Waals surface area contributed by atoms with E-state index in [0.29, 0.717) is 12.8 Å². The van der Waals surface area contributed by atoms with Crippen molar-refractivity contribution in [2.45, 2.75) is 84.1 Å². The third-order valence-electron chi connectivity index (χ3n) is 4.35. The molecule has 4 atom stereocenters. The van der Waals surface area contributed by atoms with E-state index in [1.54, 1.807) is 20.8 Å². The molecule has 1 aromatic carbocycles. The standard InChI is InChI=1S/C23H36N2O4/c1-7-8-12-16(2)28-21(26)20(25-22(27)29-23(4,5)6)15-19(17(3)24)18-13-10-9-11-14-18/h7-11,13-14,16-17,19-20H,12,15,24H2,1-6H3,(H,25,27)/b8-7+/t16?,17-,19-,20-/m0/s1. The molecule has 0 heterocycles. The Morgan fingerprint density at radius 3 is 2.31 bits per heavy atom. The second kappa shape index (κ2) is 11.6. The largest absolute Gasteiger partial charge is 0.461 e. The average Bonchev–Trinajstić information content (AvgIpc) is 2.62. The zero-order valence-electron chi connectivity index (χ0n) is 18.5. The van der Waals surface area contributed by atoms with Crippen molar-refractivity contribution >= 4 is 12.1 Å². The quantitative estimate of drug-likeness (QED) is 0.473. The molecule has 1 unspecified atom stereocenters. The number of nitrogens with two attached hydrogens (primary N) is 1. The summed E-state index contributed by atoms with van der Waals surface area (Å²) >= 11 is 0. The van der Waals surface area contributed by atoms with Crippen molar-refractivity contribution in [1.82, 2.24) is 5.32 Å². The molecule has 0 aromatic heterocycles. The third kappa shape index (κ3) is 9.61. The summed E-state index contributed by atoms with van der Waals surface area (Å²) in [5.41, 5.74) is 6.55. The average molecular weight is 405 g/mol. The molecule has 6 heteroatoms. The van der Waals surface area contributed by atoms with Gasteiger partial charge in [0.25, 0.3) is 0 Å². The molecule has 0 aliphatic heterocycles. The first-order chi connectivity index (χ1) is 13.5. The van der Waals surface area contributed by atoms with Gasteiger partial charge in [-0.1, -0.05) is 42.5 Å². The number of rotatable bonds is 9. The highest BCUT2D eigenvalue weighted by atomic mass is 16.6. The van der Waals surface area contributed by atoms with E-state index in [0.717, 1.165) is 5.56 Å². The molecule has 0 aliphatic rings. The van der Waals surface area contributed by atoms with Gasteiger partial charge in [0.2, 0.25) is 0 Å². The Bertz CT molecular complexity index is 665. The third-order valence-corrected chi connectivity index (χ3v) is 4.35. The summed E-state index contributed by atoms with van der Waals surface area (Å²) in [7, 11) is 0. The van der Waals surface area contributed by atoms with Gasteiger partial charge in [-0.3, -0.25) is 0 Å². The first kappa shape index (κ1) is 24.7. The Hall–Kier alpha value is -2.34. The van der Waals surface area contributed by atoms with Crippen LogP contribution >= 0.6 is 0 Å². The predicted molar refractivity (Wildman–Crippen MR) is 116 cm³/mol. The first-order valence-corrected chi connectivity index (χ1v) is 10.1. The number of esters is 1. The number of ether oxygens (including phenoxy) is 2. The lowest BCUT2D eigenvalue weighted by Crippen LogP contribution is -2.46. The molecule has 0 bridgehead atoms. The Kier molecular flexibility index (Phi) is 9.89. The van der Waals surface area contributed by atoms with Crippen LogP contribution in [0.4, 0.5) is 4.79 Å². The highest BCUT2D eigenvalue weighted by molar-refractivity contribution is 5.81.